The van der Waals surface area contributed by atoms with E-state index in [1.807, 2.05) is 35.2 Å². The van der Waals surface area contributed by atoms with Gasteiger partial charge in [-0.15, -0.1) is 0 Å². The minimum Gasteiger partial charge on any atom is -0.352 e. The average Bonchev–Trinajstić information content (AvgIpc) is 2.66. The molecule has 0 saturated carbocycles. The molecule has 0 bridgehead atoms. The number of carbonyl (C=O) groups is 2. The monoisotopic (exact) mass is 387 g/mol. The summed E-state index contributed by atoms with van der Waals surface area (Å²) >= 11 is 0. The zero-order valence-electron chi connectivity index (χ0n) is 18.0. The van der Waals surface area contributed by atoms with Crippen molar-refractivity contribution in [2.45, 2.75) is 47.1 Å². The second-order valence-corrected chi connectivity index (χ2v) is 8.84. The topological polar surface area (TPSA) is 52.7 Å². The number of benzene rings is 1. The molecule has 5 nitrogen and oxygen atoms in total. The Balaban J connectivity index is 1.75. The number of carbonyl (C=O) groups excluding carboxylic acids is 2. The summed E-state index contributed by atoms with van der Waals surface area (Å²) in [6, 6.07) is 9.99. The highest BCUT2D eigenvalue weighted by molar-refractivity contribution is 5.79. The summed E-state index contributed by atoms with van der Waals surface area (Å²) in [5.41, 5.74) is 1.12. The SMILES string of the molecule is CC(C)CN(CC(C)C)C(=O)CN1CCC(C(=O)NCc2ccccc2)CC1. The van der Waals surface area contributed by atoms with Gasteiger partial charge in [-0.25, -0.2) is 0 Å². The van der Waals surface area contributed by atoms with Gasteiger partial charge < -0.3 is 10.2 Å². The molecule has 1 saturated heterocycles. The number of amides is 2. The zero-order valence-corrected chi connectivity index (χ0v) is 18.0. The predicted molar refractivity (Wildman–Crippen MR) is 114 cm³/mol. The fourth-order valence-corrected chi connectivity index (χ4v) is 3.73. The van der Waals surface area contributed by atoms with Crippen molar-refractivity contribution >= 4 is 11.8 Å². The number of hydrogen-bond donors (Lipinski definition) is 1. The lowest BCUT2D eigenvalue weighted by Crippen LogP contribution is -2.47. The molecule has 1 aromatic rings. The maximum Gasteiger partial charge on any atom is 0.236 e. The molecule has 1 heterocycles. The van der Waals surface area contributed by atoms with Crippen LogP contribution in [0.3, 0.4) is 0 Å². The molecule has 156 valence electrons. The second kappa shape index (κ2) is 11.2. The number of likely N-dealkylation sites (tertiary alicyclic amines) is 1. The van der Waals surface area contributed by atoms with Crippen molar-refractivity contribution in [2.75, 3.05) is 32.7 Å². The molecule has 1 N–H and O–H groups in total. The van der Waals surface area contributed by atoms with E-state index < -0.39 is 0 Å². The van der Waals surface area contributed by atoms with Crippen LogP contribution in [0.2, 0.25) is 0 Å². The van der Waals surface area contributed by atoms with E-state index in [-0.39, 0.29) is 17.7 Å². The first-order chi connectivity index (χ1) is 13.3. The Morgan fingerprint density at radius 1 is 1.04 bits per heavy atom. The van der Waals surface area contributed by atoms with Crippen LogP contribution in [-0.4, -0.2) is 54.3 Å². The van der Waals surface area contributed by atoms with Gasteiger partial charge in [0.15, 0.2) is 0 Å². The van der Waals surface area contributed by atoms with Gasteiger partial charge >= 0.3 is 0 Å². The van der Waals surface area contributed by atoms with Crippen LogP contribution in [-0.2, 0) is 16.1 Å². The third kappa shape index (κ3) is 7.63. The first-order valence-corrected chi connectivity index (χ1v) is 10.7. The van der Waals surface area contributed by atoms with E-state index in [2.05, 4.69) is 37.9 Å². The fourth-order valence-electron chi connectivity index (χ4n) is 3.73. The van der Waals surface area contributed by atoms with Gasteiger partial charge in [-0.1, -0.05) is 58.0 Å². The summed E-state index contributed by atoms with van der Waals surface area (Å²) < 4.78 is 0. The molecule has 1 aliphatic rings. The summed E-state index contributed by atoms with van der Waals surface area (Å²) in [7, 11) is 0. The highest BCUT2D eigenvalue weighted by Gasteiger charge is 2.27. The van der Waals surface area contributed by atoms with Crippen molar-refractivity contribution in [3.63, 3.8) is 0 Å². The van der Waals surface area contributed by atoms with Crippen LogP contribution in [0.4, 0.5) is 0 Å². The largest absolute Gasteiger partial charge is 0.352 e. The summed E-state index contributed by atoms with van der Waals surface area (Å²) in [5, 5.41) is 3.05. The smallest absolute Gasteiger partial charge is 0.236 e. The molecule has 0 unspecified atom stereocenters. The Morgan fingerprint density at radius 3 is 2.14 bits per heavy atom. The van der Waals surface area contributed by atoms with E-state index in [9.17, 15) is 9.59 Å². The molecule has 5 heteroatoms. The van der Waals surface area contributed by atoms with Crippen LogP contribution in [0.5, 0.6) is 0 Å². The van der Waals surface area contributed by atoms with E-state index in [1.165, 1.54) is 0 Å². The number of hydrogen-bond acceptors (Lipinski definition) is 3. The fraction of sp³-hybridized carbons (Fsp3) is 0.652. The van der Waals surface area contributed by atoms with Gasteiger partial charge in [-0.3, -0.25) is 14.5 Å². The van der Waals surface area contributed by atoms with Crippen LogP contribution in [0.15, 0.2) is 30.3 Å². The molecule has 1 aromatic carbocycles. The quantitative estimate of drug-likeness (QED) is 0.708. The van der Waals surface area contributed by atoms with E-state index in [0.29, 0.717) is 24.9 Å². The molecular weight excluding hydrogens is 350 g/mol. The lowest BCUT2D eigenvalue weighted by Gasteiger charge is -2.33. The number of rotatable bonds is 9. The Kier molecular flexibility index (Phi) is 8.97. The van der Waals surface area contributed by atoms with E-state index in [1.54, 1.807) is 0 Å². The van der Waals surface area contributed by atoms with Crippen molar-refractivity contribution < 1.29 is 9.59 Å². The Hall–Kier alpha value is -1.88. The highest BCUT2D eigenvalue weighted by Crippen LogP contribution is 2.18. The van der Waals surface area contributed by atoms with Gasteiger partial charge in [0.05, 0.1) is 6.54 Å². The molecule has 2 rings (SSSR count). The van der Waals surface area contributed by atoms with Gasteiger partial charge in [0.2, 0.25) is 11.8 Å². The van der Waals surface area contributed by atoms with Gasteiger partial charge in [0, 0.05) is 25.6 Å². The molecule has 0 spiro atoms. The molecule has 0 radical (unpaired) electrons. The lowest BCUT2D eigenvalue weighted by atomic mass is 9.95. The van der Waals surface area contributed by atoms with Gasteiger partial charge in [-0.2, -0.15) is 0 Å². The van der Waals surface area contributed by atoms with Crippen molar-refractivity contribution in [1.29, 1.82) is 0 Å². The van der Waals surface area contributed by atoms with Crippen molar-refractivity contribution in [1.82, 2.24) is 15.1 Å². The average molecular weight is 388 g/mol. The van der Waals surface area contributed by atoms with Gasteiger partial charge in [0.1, 0.15) is 0 Å². The molecule has 28 heavy (non-hydrogen) atoms. The van der Waals surface area contributed by atoms with E-state index in [0.717, 1.165) is 44.6 Å². The van der Waals surface area contributed by atoms with Crippen LogP contribution in [0, 0.1) is 17.8 Å². The Bertz CT molecular complexity index is 598. The van der Waals surface area contributed by atoms with Gasteiger partial charge in [-0.05, 0) is 43.3 Å². The molecule has 1 aliphatic heterocycles. The normalized spacial score (nSPS) is 15.8. The first-order valence-electron chi connectivity index (χ1n) is 10.7. The summed E-state index contributed by atoms with van der Waals surface area (Å²) in [6.45, 7) is 12.9. The number of piperidine rings is 1. The van der Waals surface area contributed by atoms with Crippen molar-refractivity contribution in [2.24, 2.45) is 17.8 Å². The number of nitrogens with zero attached hydrogens (tertiary/aromatic N) is 2. The molecule has 2 amide bonds. The lowest BCUT2D eigenvalue weighted by molar-refractivity contribution is -0.134. The van der Waals surface area contributed by atoms with Crippen LogP contribution < -0.4 is 5.32 Å². The zero-order chi connectivity index (χ0) is 20.5. The summed E-state index contributed by atoms with van der Waals surface area (Å²) in [4.78, 5) is 29.4. The summed E-state index contributed by atoms with van der Waals surface area (Å²) in [5.74, 6) is 1.35. The molecule has 0 atom stereocenters. The van der Waals surface area contributed by atoms with Crippen molar-refractivity contribution in [3.8, 4) is 0 Å². The van der Waals surface area contributed by atoms with E-state index >= 15 is 0 Å². The maximum atomic E-state index is 12.8. The van der Waals surface area contributed by atoms with E-state index in [4.69, 9.17) is 0 Å². The van der Waals surface area contributed by atoms with Crippen LogP contribution >= 0.6 is 0 Å². The first kappa shape index (κ1) is 22.4. The van der Waals surface area contributed by atoms with Crippen LogP contribution in [0.25, 0.3) is 0 Å². The van der Waals surface area contributed by atoms with Gasteiger partial charge in [0.25, 0.3) is 0 Å². The molecule has 0 aromatic heterocycles. The second-order valence-electron chi connectivity index (χ2n) is 8.84. The molecule has 1 fully saturated rings. The number of nitrogens with one attached hydrogen (secondary N) is 1. The highest BCUT2D eigenvalue weighted by atomic mass is 16.2. The predicted octanol–water partition coefficient (Wildman–Crippen LogP) is 3.16. The minimum absolute atomic E-state index is 0.0532. The Labute approximate surface area is 170 Å². The standard InChI is InChI=1S/C23H37N3O2/c1-18(2)15-26(16-19(3)4)22(27)17-25-12-10-21(11-13-25)23(28)24-14-20-8-6-5-7-9-20/h5-9,18-19,21H,10-17H2,1-4H3,(H,24,28). The summed E-state index contributed by atoms with van der Waals surface area (Å²) in [6.07, 6.45) is 1.64. The molecule has 0 aliphatic carbocycles. The Morgan fingerprint density at radius 2 is 1.61 bits per heavy atom. The molecular formula is C23H37N3O2. The van der Waals surface area contributed by atoms with Crippen LogP contribution in [0.1, 0.15) is 46.1 Å². The third-order valence-electron chi connectivity index (χ3n) is 5.15. The van der Waals surface area contributed by atoms with Crippen molar-refractivity contribution in [3.05, 3.63) is 35.9 Å². The minimum atomic E-state index is 0.0532. The maximum absolute atomic E-state index is 12.8. The third-order valence-corrected chi connectivity index (χ3v) is 5.15.